The van der Waals surface area contributed by atoms with Gasteiger partial charge in [0.15, 0.2) is 5.96 Å². The Kier molecular flexibility index (Phi) is 6.46. The predicted molar refractivity (Wildman–Crippen MR) is 112 cm³/mol. The van der Waals surface area contributed by atoms with Crippen LogP contribution in [-0.2, 0) is 6.54 Å². The molecule has 0 atom stereocenters. The average Bonchev–Trinajstić information content (AvgIpc) is 2.70. The number of benzene rings is 2. The summed E-state index contributed by atoms with van der Waals surface area (Å²) in [5, 5.41) is 3.08. The van der Waals surface area contributed by atoms with Crippen LogP contribution in [0.2, 0.25) is 0 Å². The SMILES string of the molecule is CCOc1ccc(Oc2cc(CN=C(N)Nc3ccc(C)cc3)ccn2)cc1. The quantitative estimate of drug-likeness (QED) is 0.468. The molecule has 0 unspecified atom stereocenters. The van der Waals surface area contributed by atoms with Crippen molar-refractivity contribution in [2.45, 2.75) is 20.4 Å². The Morgan fingerprint density at radius 1 is 1.04 bits per heavy atom. The normalized spacial score (nSPS) is 11.1. The summed E-state index contributed by atoms with van der Waals surface area (Å²) in [6.07, 6.45) is 1.69. The molecule has 0 aliphatic carbocycles. The van der Waals surface area contributed by atoms with E-state index in [0.717, 1.165) is 17.0 Å². The van der Waals surface area contributed by atoms with E-state index in [1.54, 1.807) is 6.20 Å². The molecule has 3 aromatic rings. The standard InChI is InChI=1S/C22H24N4O2/c1-3-27-19-8-10-20(11-9-19)28-21-14-17(12-13-24-21)15-25-22(23)26-18-6-4-16(2)5-7-18/h4-14H,3,15H2,1-2H3,(H3,23,25,26). The number of ether oxygens (including phenoxy) is 2. The number of nitrogens with one attached hydrogen (secondary N) is 1. The predicted octanol–water partition coefficient (Wildman–Crippen LogP) is 4.51. The van der Waals surface area contributed by atoms with Gasteiger partial charge in [-0.3, -0.25) is 0 Å². The summed E-state index contributed by atoms with van der Waals surface area (Å²) >= 11 is 0. The second-order valence-corrected chi connectivity index (χ2v) is 6.20. The molecule has 0 saturated heterocycles. The number of nitrogens with zero attached hydrogens (tertiary/aromatic N) is 2. The Morgan fingerprint density at radius 3 is 2.46 bits per heavy atom. The Bertz CT molecular complexity index is 922. The van der Waals surface area contributed by atoms with Gasteiger partial charge in [-0.15, -0.1) is 0 Å². The van der Waals surface area contributed by atoms with Crippen molar-refractivity contribution < 1.29 is 9.47 Å². The fourth-order valence-corrected chi connectivity index (χ4v) is 2.50. The van der Waals surface area contributed by atoms with Gasteiger partial charge < -0.3 is 20.5 Å². The summed E-state index contributed by atoms with van der Waals surface area (Å²) < 4.78 is 11.2. The lowest BCUT2D eigenvalue weighted by Crippen LogP contribution is -2.22. The minimum absolute atomic E-state index is 0.356. The van der Waals surface area contributed by atoms with Crippen LogP contribution < -0.4 is 20.5 Å². The average molecular weight is 376 g/mol. The van der Waals surface area contributed by atoms with Crippen molar-refractivity contribution in [3.05, 3.63) is 78.0 Å². The second-order valence-electron chi connectivity index (χ2n) is 6.20. The fourth-order valence-electron chi connectivity index (χ4n) is 2.50. The highest BCUT2D eigenvalue weighted by molar-refractivity contribution is 5.92. The third-order valence-electron chi connectivity index (χ3n) is 3.91. The molecule has 6 heteroatoms. The molecule has 3 N–H and O–H groups in total. The molecule has 3 rings (SSSR count). The summed E-state index contributed by atoms with van der Waals surface area (Å²) in [7, 11) is 0. The van der Waals surface area contributed by atoms with Gasteiger partial charge in [-0.25, -0.2) is 9.98 Å². The number of aromatic nitrogens is 1. The van der Waals surface area contributed by atoms with Crippen LogP contribution in [0.5, 0.6) is 17.4 Å². The Morgan fingerprint density at radius 2 is 1.75 bits per heavy atom. The summed E-state index contributed by atoms with van der Waals surface area (Å²) in [4.78, 5) is 8.62. The first-order valence-corrected chi connectivity index (χ1v) is 9.11. The van der Waals surface area contributed by atoms with Crippen LogP contribution in [0.4, 0.5) is 5.69 Å². The van der Waals surface area contributed by atoms with Crippen LogP contribution >= 0.6 is 0 Å². The van der Waals surface area contributed by atoms with E-state index in [9.17, 15) is 0 Å². The van der Waals surface area contributed by atoms with Gasteiger partial charge in [0.2, 0.25) is 5.88 Å². The molecule has 0 fully saturated rings. The number of pyridine rings is 1. The number of aryl methyl sites for hydroxylation is 1. The molecule has 144 valence electrons. The second kappa shape index (κ2) is 9.41. The van der Waals surface area contributed by atoms with Crippen molar-refractivity contribution in [1.29, 1.82) is 0 Å². The zero-order valence-corrected chi connectivity index (χ0v) is 16.1. The minimum atomic E-state index is 0.356. The summed E-state index contributed by atoms with van der Waals surface area (Å²) in [6.45, 7) is 5.04. The van der Waals surface area contributed by atoms with Gasteiger partial charge in [0.25, 0.3) is 0 Å². The highest BCUT2D eigenvalue weighted by Gasteiger charge is 2.02. The molecule has 0 bridgehead atoms. The van der Waals surface area contributed by atoms with Gasteiger partial charge in [0.1, 0.15) is 11.5 Å². The molecule has 1 aromatic heterocycles. The molecule has 0 spiro atoms. The Hall–Kier alpha value is -3.54. The highest BCUT2D eigenvalue weighted by atomic mass is 16.5. The monoisotopic (exact) mass is 376 g/mol. The molecule has 28 heavy (non-hydrogen) atoms. The van der Waals surface area contributed by atoms with Gasteiger partial charge in [0.05, 0.1) is 13.2 Å². The van der Waals surface area contributed by atoms with Crippen LogP contribution in [-0.4, -0.2) is 17.6 Å². The fraction of sp³-hybridized carbons (Fsp3) is 0.182. The van der Waals surface area contributed by atoms with Crippen LogP contribution in [0.3, 0.4) is 0 Å². The smallest absolute Gasteiger partial charge is 0.219 e. The number of nitrogens with two attached hydrogens (primary N) is 1. The zero-order chi connectivity index (χ0) is 19.8. The molecule has 0 amide bonds. The van der Waals surface area contributed by atoms with E-state index in [0.29, 0.717) is 30.7 Å². The molecular weight excluding hydrogens is 352 g/mol. The molecule has 1 heterocycles. The molecule has 6 nitrogen and oxygen atoms in total. The first-order valence-electron chi connectivity index (χ1n) is 9.11. The number of hydrogen-bond donors (Lipinski definition) is 2. The molecule has 0 aliphatic heterocycles. The maximum atomic E-state index is 5.97. The van der Waals surface area contributed by atoms with E-state index in [-0.39, 0.29) is 0 Å². The molecule has 0 aliphatic rings. The lowest BCUT2D eigenvalue weighted by Gasteiger charge is -2.08. The van der Waals surface area contributed by atoms with Crippen molar-refractivity contribution in [3.8, 4) is 17.4 Å². The summed E-state index contributed by atoms with van der Waals surface area (Å²) in [5.41, 5.74) is 9.02. The van der Waals surface area contributed by atoms with Crippen LogP contribution in [0.25, 0.3) is 0 Å². The van der Waals surface area contributed by atoms with E-state index < -0.39 is 0 Å². The van der Waals surface area contributed by atoms with E-state index in [1.165, 1.54) is 5.56 Å². The van der Waals surface area contributed by atoms with Crippen LogP contribution in [0.15, 0.2) is 71.9 Å². The zero-order valence-electron chi connectivity index (χ0n) is 16.1. The van der Waals surface area contributed by atoms with E-state index in [2.05, 4.69) is 15.3 Å². The molecule has 0 saturated carbocycles. The lowest BCUT2D eigenvalue weighted by molar-refractivity contribution is 0.339. The van der Waals surface area contributed by atoms with Crippen LogP contribution in [0, 0.1) is 6.92 Å². The third kappa shape index (κ3) is 5.74. The summed E-state index contributed by atoms with van der Waals surface area (Å²) in [5.74, 6) is 2.36. The Labute approximate surface area is 165 Å². The van der Waals surface area contributed by atoms with Gasteiger partial charge in [-0.2, -0.15) is 0 Å². The Balaban J connectivity index is 1.60. The van der Waals surface area contributed by atoms with Crippen molar-refractivity contribution >= 4 is 11.6 Å². The number of rotatable bonds is 7. The van der Waals surface area contributed by atoms with Gasteiger partial charge in [0, 0.05) is 18.0 Å². The van der Waals surface area contributed by atoms with Crippen molar-refractivity contribution in [3.63, 3.8) is 0 Å². The third-order valence-corrected chi connectivity index (χ3v) is 3.91. The maximum Gasteiger partial charge on any atom is 0.219 e. The first-order chi connectivity index (χ1) is 13.6. The summed E-state index contributed by atoms with van der Waals surface area (Å²) in [6, 6.07) is 19.1. The van der Waals surface area contributed by atoms with E-state index in [4.69, 9.17) is 15.2 Å². The molecular formula is C22H24N4O2. The lowest BCUT2D eigenvalue weighted by atomic mass is 10.2. The van der Waals surface area contributed by atoms with Gasteiger partial charge in [-0.1, -0.05) is 17.7 Å². The van der Waals surface area contributed by atoms with Gasteiger partial charge in [-0.05, 0) is 61.9 Å². The number of anilines is 1. The molecule has 2 aromatic carbocycles. The number of hydrogen-bond acceptors (Lipinski definition) is 4. The van der Waals surface area contributed by atoms with E-state index >= 15 is 0 Å². The molecule has 0 radical (unpaired) electrons. The minimum Gasteiger partial charge on any atom is -0.494 e. The number of aliphatic imine (C=N–C) groups is 1. The van der Waals surface area contributed by atoms with E-state index in [1.807, 2.05) is 74.5 Å². The van der Waals surface area contributed by atoms with Crippen molar-refractivity contribution in [2.24, 2.45) is 10.7 Å². The largest absolute Gasteiger partial charge is 0.494 e. The van der Waals surface area contributed by atoms with Gasteiger partial charge >= 0.3 is 0 Å². The maximum absolute atomic E-state index is 5.97. The van der Waals surface area contributed by atoms with Crippen LogP contribution in [0.1, 0.15) is 18.1 Å². The first kappa shape index (κ1) is 19.2. The van der Waals surface area contributed by atoms with Crippen molar-refractivity contribution in [2.75, 3.05) is 11.9 Å². The van der Waals surface area contributed by atoms with Crippen molar-refractivity contribution in [1.82, 2.24) is 4.98 Å². The highest BCUT2D eigenvalue weighted by Crippen LogP contribution is 2.23. The number of guanidine groups is 1. The topological polar surface area (TPSA) is 81.8 Å².